The van der Waals surface area contributed by atoms with Gasteiger partial charge in [-0.15, -0.1) is 0 Å². The number of rotatable bonds is 4. The van der Waals surface area contributed by atoms with E-state index in [0.717, 1.165) is 12.1 Å². The summed E-state index contributed by atoms with van der Waals surface area (Å²) in [6.45, 7) is 2.01. The second-order valence-corrected chi connectivity index (χ2v) is 6.36. The van der Waals surface area contributed by atoms with Crippen LogP contribution in [0.3, 0.4) is 0 Å². The third-order valence-corrected chi connectivity index (χ3v) is 5.13. The summed E-state index contributed by atoms with van der Waals surface area (Å²) in [6, 6.07) is 0.0438. The number of amides is 1. The molecule has 2 aliphatic rings. The first kappa shape index (κ1) is 14.0. The van der Waals surface area contributed by atoms with Gasteiger partial charge in [-0.2, -0.15) is 5.10 Å². The van der Waals surface area contributed by atoms with Crippen LogP contribution in [0.25, 0.3) is 0 Å². The van der Waals surface area contributed by atoms with E-state index < -0.39 is 10.8 Å². The van der Waals surface area contributed by atoms with E-state index in [1.165, 1.54) is 30.4 Å². The fourth-order valence-corrected chi connectivity index (χ4v) is 4.11. The normalized spacial score (nSPS) is 28.6. The largest absolute Gasteiger partial charge is 0.348 e. The number of hydrogen-bond donors (Lipinski definition) is 1. The van der Waals surface area contributed by atoms with Crippen molar-refractivity contribution in [2.45, 2.75) is 38.6 Å². The zero-order chi connectivity index (χ0) is 15.1. The van der Waals surface area contributed by atoms with Crippen LogP contribution in [0.5, 0.6) is 0 Å². The second kappa shape index (κ2) is 5.13. The Kier molecular flexibility index (Phi) is 3.43. The summed E-state index contributed by atoms with van der Waals surface area (Å²) < 4.78 is 1.26. The molecule has 21 heavy (non-hydrogen) atoms. The number of nitro groups is 1. The molecule has 4 unspecified atom stereocenters. The maximum absolute atomic E-state index is 12.3. The van der Waals surface area contributed by atoms with Gasteiger partial charge in [-0.3, -0.25) is 19.6 Å². The molecule has 4 atom stereocenters. The second-order valence-electron chi connectivity index (χ2n) is 6.36. The van der Waals surface area contributed by atoms with Crippen LogP contribution in [0.4, 0.5) is 5.69 Å². The summed E-state index contributed by atoms with van der Waals surface area (Å²) in [5.41, 5.74) is -0.217. The Morgan fingerprint density at radius 2 is 2.29 bits per heavy atom. The highest BCUT2D eigenvalue weighted by atomic mass is 16.6. The highest BCUT2D eigenvalue weighted by molar-refractivity contribution is 5.96. The highest BCUT2D eigenvalue weighted by Gasteiger charge is 2.42. The van der Waals surface area contributed by atoms with Gasteiger partial charge in [0.25, 0.3) is 5.91 Å². The molecule has 1 amide bonds. The van der Waals surface area contributed by atoms with E-state index in [0.29, 0.717) is 11.8 Å². The van der Waals surface area contributed by atoms with Gasteiger partial charge in [0.15, 0.2) is 0 Å². The predicted octanol–water partition coefficient (Wildman–Crippen LogP) is 1.88. The minimum Gasteiger partial charge on any atom is -0.348 e. The van der Waals surface area contributed by atoms with Crippen LogP contribution < -0.4 is 5.32 Å². The van der Waals surface area contributed by atoms with Gasteiger partial charge >= 0.3 is 5.69 Å². The van der Waals surface area contributed by atoms with E-state index in [1.807, 2.05) is 6.92 Å². The Labute approximate surface area is 122 Å². The zero-order valence-electron chi connectivity index (χ0n) is 12.3. The molecule has 1 aromatic heterocycles. The lowest BCUT2D eigenvalue weighted by atomic mass is 9.84. The van der Waals surface area contributed by atoms with Crippen LogP contribution >= 0.6 is 0 Å². The van der Waals surface area contributed by atoms with E-state index in [-0.39, 0.29) is 17.4 Å². The van der Waals surface area contributed by atoms with E-state index in [4.69, 9.17) is 0 Å². The zero-order valence-corrected chi connectivity index (χ0v) is 12.3. The summed E-state index contributed by atoms with van der Waals surface area (Å²) in [5.74, 6) is 1.61. The predicted molar refractivity (Wildman–Crippen MR) is 75.7 cm³/mol. The van der Waals surface area contributed by atoms with Crippen molar-refractivity contribution in [3.63, 3.8) is 0 Å². The van der Waals surface area contributed by atoms with Gasteiger partial charge in [0, 0.05) is 13.1 Å². The quantitative estimate of drug-likeness (QED) is 0.677. The average molecular weight is 292 g/mol. The number of fused-ring (bicyclic) bond motifs is 2. The van der Waals surface area contributed by atoms with Crippen molar-refractivity contribution in [2.24, 2.45) is 24.8 Å². The molecule has 114 valence electrons. The number of aryl methyl sites for hydroxylation is 1. The molecule has 0 aromatic carbocycles. The highest BCUT2D eigenvalue weighted by Crippen LogP contribution is 2.49. The molecular formula is C14H20N4O3. The summed E-state index contributed by atoms with van der Waals surface area (Å²) in [4.78, 5) is 22.7. The van der Waals surface area contributed by atoms with Crippen LogP contribution in [-0.2, 0) is 7.05 Å². The molecule has 0 saturated heterocycles. The fourth-order valence-electron chi connectivity index (χ4n) is 4.11. The van der Waals surface area contributed by atoms with Crippen LogP contribution in [0.2, 0.25) is 0 Å². The summed E-state index contributed by atoms with van der Waals surface area (Å²) in [5, 5.41) is 17.7. The van der Waals surface area contributed by atoms with Crippen LogP contribution in [0.1, 0.15) is 43.1 Å². The van der Waals surface area contributed by atoms with Gasteiger partial charge in [0.05, 0.1) is 4.92 Å². The number of hydrogen-bond acceptors (Lipinski definition) is 4. The summed E-state index contributed by atoms with van der Waals surface area (Å²) >= 11 is 0. The smallest absolute Gasteiger partial charge is 0.320 e. The Morgan fingerprint density at radius 3 is 2.86 bits per heavy atom. The van der Waals surface area contributed by atoms with Crippen molar-refractivity contribution in [1.82, 2.24) is 15.1 Å². The lowest BCUT2D eigenvalue weighted by molar-refractivity contribution is -0.385. The molecule has 2 fully saturated rings. The van der Waals surface area contributed by atoms with E-state index in [1.54, 1.807) is 7.05 Å². The van der Waals surface area contributed by atoms with Crippen molar-refractivity contribution >= 4 is 11.6 Å². The van der Waals surface area contributed by atoms with Gasteiger partial charge in [0.1, 0.15) is 6.20 Å². The van der Waals surface area contributed by atoms with Gasteiger partial charge < -0.3 is 5.32 Å². The molecule has 3 rings (SSSR count). The van der Waals surface area contributed by atoms with Crippen LogP contribution in [0, 0.1) is 27.9 Å². The standard InChI is InChI=1S/C14H20N4O3/c1-8(11-6-9-3-4-10(11)5-9)16-14(19)13-12(18(20)21)7-15-17(13)2/h7-11H,3-6H2,1-2H3,(H,16,19). The molecule has 7 nitrogen and oxygen atoms in total. The van der Waals surface area contributed by atoms with Crippen molar-refractivity contribution in [3.8, 4) is 0 Å². The molecule has 0 aliphatic heterocycles. The minimum absolute atomic E-state index is 0.0232. The molecular weight excluding hydrogens is 272 g/mol. The van der Waals surface area contributed by atoms with Gasteiger partial charge in [-0.25, -0.2) is 0 Å². The summed E-state index contributed by atoms with van der Waals surface area (Å²) in [6.07, 6.45) is 6.13. The Balaban J connectivity index is 1.72. The Hall–Kier alpha value is -1.92. The number of nitrogens with zero attached hydrogens (tertiary/aromatic N) is 3. The first-order valence-corrected chi connectivity index (χ1v) is 7.44. The van der Waals surface area contributed by atoms with Crippen molar-refractivity contribution < 1.29 is 9.72 Å². The van der Waals surface area contributed by atoms with Crippen LogP contribution in [-0.4, -0.2) is 26.7 Å². The molecule has 2 aliphatic carbocycles. The average Bonchev–Trinajstić information content (AvgIpc) is 3.12. The van der Waals surface area contributed by atoms with E-state index in [9.17, 15) is 14.9 Å². The van der Waals surface area contributed by atoms with Gasteiger partial charge in [-0.05, 0) is 43.9 Å². The Bertz CT molecular complexity index is 583. The van der Waals surface area contributed by atoms with Crippen molar-refractivity contribution in [3.05, 3.63) is 22.0 Å². The van der Waals surface area contributed by atoms with Crippen molar-refractivity contribution in [1.29, 1.82) is 0 Å². The van der Waals surface area contributed by atoms with Crippen molar-refractivity contribution in [2.75, 3.05) is 0 Å². The number of nitrogens with one attached hydrogen (secondary N) is 1. The number of carbonyl (C=O) groups is 1. The monoisotopic (exact) mass is 292 g/mol. The SMILES string of the molecule is CC(NC(=O)c1c([N+](=O)[O-])cnn1C)C1CC2CCC1C2. The lowest BCUT2D eigenvalue weighted by Gasteiger charge is -2.28. The molecule has 7 heteroatoms. The third-order valence-electron chi connectivity index (χ3n) is 5.13. The number of carbonyl (C=O) groups excluding carboxylic acids is 1. The molecule has 2 saturated carbocycles. The van der Waals surface area contributed by atoms with E-state index >= 15 is 0 Å². The first-order chi connectivity index (χ1) is 9.97. The third kappa shape index (κ3) is 2.41. The first-order valence-electron chi connectivity index (χ1n) is 7.44. The number of aromatic nitrogens is 2. The molecule has 1 N–H and O–H groups in total. The topological polar surface area (TPSA) is 90.1 Å². The van der Waals surface area contributed by atoms with Crippen LogP contribution in [0.15, 0.2) is 6.20 Å². The van der Waals surface area contributed by atoms with E-state index in [2.05, 4.69) is 10.4 Å². The lowest BCUT2D eigenvalue weighted by Crippen LogP contribution is -2.40. The molecule has 1 heterocycles. The van der Waals surface area contributed by atoms with Gasteiger partial charge in [-0.1, -0.05) is 6.42 Å². The van der Waals surface area contributed by atoms with Gasteiger partial charge in [0.2, 0.25) is 5.69 Å². The molecule has 2 bridgehead atoms. The maximum atomic E-state index is 12.3. The molecule has 0 spiro atoms. The molecule has 0 radical (unpaired) electrons. The Morgan fingerprint density at radius 1 is 1.52 bits per heavy atom. The molecule has 1 aromatic rings. The maximum Gasteiger partial charge on any atom is 0.320 e. The summed E-state index contributed by atoms with van der Waals surface area (Å²) in [7, 11) is 1.55. The minimum atomic E-state index is -0.565. The fraction of sp³-hybridized carbons (Fsp3) is 0.714.